The van der Waals surface area contributed by atoms with Crippen LogP contribution in [0.2, 0.25) is 0 Å². The minimum absolute atomic E-state index is 0.0155. The van der Waals surface area contributed by atoms with Crippen molar-refractivity contribution in [1.82, 2.24) is 45.9 Å². The third-order valence-corrected chi connectivity index (χ3v) is 9.41. The first-order valence-corrected chi connectivity index (χ1v) is 15.9. The monoisotopic (exact) mass is 655 g/mol. The van der Waals surface area contributed by atoms with E-state index in [4.69, 9.17) is 0 Å². The summed E-state index contributed by atoms with van der Waals surface area (Å²) >= 11 is 0. The lowest BCUT2D eigenvalue weighted by Crippen LogP contribution is -2.67. The van der Waals surface area contributed by atoms with Gasteiger partial charge >= 0.3 is 0 Å². The number of rotatable bonds is 12. The summed E-state index contributed by atoms with van der Waals surface area (Å²) in [6, 6.07) is -1.17. The van der Waals surface area contributed by atoms with Gasteiger partial charge in [0.1, 0.15) is 22.9 Å². The second kappa shape index (κ2) is 13.7. The lowest BCUT2D eigenvalue weighted by Gasteiger charge is -2.45. The highest BCUT2D eigenvalue weighted by Crippen LogP contribution is 2.42. The predicted molar refractivity (Wildman–Crippen MR) is 167 cm³/mol. The average molecular weight is 656 g/mol. The van der Waals surface area contributed by atoms with Gasteiger partial charge in [0.25, 0.3) is 11.8 Å². The van der Waals surface area contributed by atoms with Gasteiger partial charge in [-0.05, 0) is 38.6 Å². The van der Waals surface area contributed by atoms with E-state index in [1.807, 2.05) is 18.7 Å². The molecule has 0 aromatic carbocycles. The number of nitrogens with zero attached hydrogens (tertiary/aromatic N) is 5. The molecule has 2 aliphatic heterocycles. The molecule has 3 fully saturated rings. The molecule has 4 rings (SSSR count). The molecule has 0 radical (unpaired) electrons. The molecule has 3 atom stereocenters. The molecule has 1 aromatic rings. The van der Waals surface area contributed by atoms with Gasteiger partial charge in [-0.25, -0.2) is 4.98 Å². The molecule has 2 unspecified atom stereocenters. The maximum absolute atomic E-state index is 14.7. The van der Waals surface area contributed by atoms with Crippen molar-refractivity contribution in [1.29, 1.82) is 0 Å². The second-order valence-electron chi connectivity index (χ2n) is 13.4. The Labute approximate surface area is 273 Å². The van der Waals surface area contributed by atoms with Crippen LogP contribution < -0.4 is 21.3 Å². The Hall–Kier alpha value is -4.47. The third-order valence-electron chi connectivity index (χ3n) is 9.41. The number of aromatic nitrogens is 2. The number of Topliss-reactive ketones (excluding diaryl/α,β-unsaturated/α-hetero) is 1. The number of likely N-dealkylation sites (tertiary alicyclic amines) is 1. The fraction of sp³-hybridized carbons (Fsp3) is 0.645. The fourth-order valence-electron chi connectivity index (χ4n) is 6.11. The maximum atomic E-state index is 14.7. The summed E-state index contributed by atoms with van der Waals surface area (Å²) in [7, 11) is 0. The van der Waals surface area contributed by atoms with Crippen molar-refractivity contribution >= 4 is 41.2 Å². The maximum Gasteiger partial charge on any atom is 0.289 e. The van der Waals surface area contributed by atoms with E-state index in [9.17, 15) is 33.6 Å². The van der Waals surface area contributed by atoms with Crippen LogP contribution in [0, 0.1) is 5.41 Å². The highest BCUT2D eigenvalue weighted by Gasteiger charge is 2.61. The van der Waals surface area contributed by atoms with Crippen molar-refractivity contribution in [2.75, 3.05) is 39.3 Å². The number of hydrogen-bond acceptors (Lipinski definition) is 10. The van der Waals surface area contributed by atoms with Crippen molar-refractivity contribution in [3.8, 4) is 0 Å². The van der Waals surface area contributed by atoms with E-state index in [0.717, 1.165) is 12.8 Å². The summed E-state index contributed by atoms with van der Waals surface area (Å²) in [4.78, 5) is 105. The van der Waals surface area contributed by atoms with Crippen molar-refractivity contribution < 1.29 is 33.6 Å². The van der Waals surface area contributed by atoms with Gasteiger partial charge < -0.3 is 31.1 Å². The summed E-state index contributed by atoms with van der Waals surface area (Å²) < 4.78 is 0. The first kappa shape index (κ1) is 35.4. The molecular weight excluding hydrogens is 610 g/mol. The summed E-state index contributed by atoms with van der Waals surface area (Å²) in [5.41, 5.74) is -3.48. The zero-order chi connectivity index (χ0) is 34.7. The summed E-state index contributed by atoms with van der Waals surface area (Å²) in [6.07, 6.45) is 5.66. The molecule has 1 saturated carbocycles. The summed E-state index contributed by atoms with van der Waals surface area (Å²) in [5.74, 6) is -4.26. The average Bonchev–Trinajstić information content (AvgIpc) is 3.70. The molecule has 16 nitrogen and oxygen atoms in total. The molecular formula is C31H45N9O7. The molecule has 1 aromatic heterocycles. The Balaban J connectivity index is 1.59. The van der Waals surface area contributed by atoms with Gasteiger partial charge in [0.05, 0.1) is 32.4 Å². The van der Waals surface area contributed by atoms with E-state index in [1.54, 1.807) is 32.6 Å². The van der Waals surface area contributed by atoms with Crippen LogP contribution in [0.4, 0.5) is 0 Å². The van der Waals surface area contributed by atoms with Crippen LogP contribution in [0.1, 0.15) is 71.3 Å². The Bertz CT molecular complexity index is 1430. The van der Waals surface area contributed by atoms with E-state index < -0.39 is 71.1 Å². The van der Waals surface area contributed by atoms with Gasteiger partial charge in [-0.1, -0.05) is 27.7 Å². The number of nitrogens with one attached hydrogen (secondary N) is 4. The molecule has 256 valence electrons. The van der Waals surface area contributed by atoms with Crippen LogP contribution in [0.15, 0.2) is 18.6 Å². The minimum Gasteiger partial charge on any atom is -0.347 e. The molecule has 2 saturated heterocycles. The van der Waals surface area contributed by atoms with Gasteiger partial charge in [-0.15, -0.1) is 0 Å². The standard InChI is InChI=1S/C31H45N9O7/c1-7-38-17-24(43)40(8-2)31(38)13-21(26(45)34-15-22(41)27(46)36-19-9-10-19)39(18-31)28(47)30(6,29(3,4)5)37-23(42)16-35-25(44)20-14-32-11-12-33-20/h11-12,14,19,21H,7-10,13,15-18H2,1-6H3,(H,34,45)(H,35,44)(H,36,46)(H,37,42)/t21-,30?,31?/m0/s1. The number of likely N-dealkylation sites (N-methyl/N-ethyl adjacent to an activating group) is 2. The van der Waals surface area contributed by atoms with Gasteiger partial charge in [-0.2, -0.15) is 0 Å². The normalized spacial score (nSPS) is 22.5. The topological polar surface area (TPSA) is 203 Å². The predicted octanol–water partition coefficient (Wildman–Crippen LogP) is -1.43. The molecule has 6 amide bonds. The Morgan fingerprint density at radius 1 is 0.979 bits per heavy atom. The number of hydrogen-bond donors (Lipinski definition) is 4. The van der Waals surface area contributed by atoms with E-state index in [0.29, 0.717) is 13.1 Å². The molecule has 47 heavy (non-hydrogen) atoms. The van der Waals surface area contributed by atoms with Gasteiger partial charge in [0.15, 0.2) is 0 Å². The molecule has 3 heterocycles. The van der Waals surface area contributed by atoms with Crippen molar-refractivity contribution in [3.63, 3.8) is 0 Å². The lowest BCUT2D eigenvalue weighted by molar-refractivity contribution is -0.150. The zero-order valence-corrected chi connectivity index (χ0v) is 27.8. The van der Waals surface area contributed by atoms with Crippen LogP contribution in [-0.2, 0) is 28.8 Å². The van der Waals surface area contributed by atoms with Crippen molar-refractivity contribution in [2.45, 2.75) is 84.1 Å². The van der Waals surface area contributed by atoms with E-state index in [2.05, 4.69) is 31.2 Å². The first-order chi connectivity index (χ1) is 22.1. The van der Waals surface area contributed by atoms with E-state index >= 15 is 0 Å². The Kier molecular flexibility index (Phi) is 10.3. The van der Waals surface area contributed by atoms with E-state index in [1.165, 1.54) is 23.5 Å². The molecule has 16 heteroatoms. The van der Waals surface area contributed by atoms with Gasteiger partial charge in [0, 0.05) is 31.4 Å². The smallest absolute Gasteiger partial charge is 0.289 e. The van der Waals surface area contributed by atoms with Crippen LogP contribution in [0.3, 0.4) is 0 Å². The summed E-state index contributed by atoms with van der Waals surface area (Å²) in [5, 5.41) is 10.4. The Morgan fingerprint density at radius 3 is 2.26 bits per heavy atom. The fourth-order valence-corrected chi connectivity index (χ4v) is 6.11. The second-order valence-corrected chi connectivity index (χ2v) is 13.4. The van der Waals surface area contributed by atoms with Crippen LogP contribution in [0.25, 0.3) is 0 Å². The van der Waals surface area contributed by atoms with Gasteiger partial charge in [-0.3, -0.25) is 43.4 Å². The molecule has 0 bridgehead atoms. The van der Waals surface area contributed by atoms with Crippen LogP contribution in [-0.4, -0.2) is 128 Å². The highest BCUT2D eigenvalue weighted by atomic mass is 16.2. The Morgan fingerprint density at radius 2 is 1.68 bits per heavy atom. The van der Waals surface area contributed by atoms with Gasteiger partial charge in [0.2, 0.25) is 29.4 Å². The first-order valence-electron chi connectivity index (χ1n) is 15.9. The minimum atomic E-state index is -1.60. The number of amides is 6. The number of carbonyl (C=O) groups excluding carboxylic acids is 7. The SMILES string of the molecule is CCN1CC(=O)N(CC)C12C[C@@H](C(=O)NCC(=O)C(=O)NC1CC1)N(C(=O)C(C)(NC(=O)CNC(=O)c1cnccn1)C(C)(C)C)C2. The highest BCUT2D eigenvalue weighted by molar-refractivity contribution is 6.37. The van der Waals surface area contributed by atoms with Crippen LogP contribution in [0.5, 0.6) is 0 Å². The van der Waals surface area contributed by atoms with Crippen molar-refractivity contribution in [3.05, 3.63) is 24.3 Å². The van der Waals surface area contributed by atoms with Crippen molar-refractivity contribution in [2.24, 2.45) is 5.41 Å². The van der Waals surface area contributed by atoms with Crippen LogP contribution >= 0.6 is 0 Å². The molecule has 1 aliphatic carbocycles. The molecule has 3 aliphatic rings. The summed E-state index contributed by atoms with van der Waals surface area (Å²) in [6.45, 7) is 10.4. The number of carbonyl (C=O) groups is 7. The van der Waals surface area contributed by atoms with E-state index in [-0.39, 0.29) is 37.2 Å². The number of ketones is 1. The lowest BCUT2D eigenvalue weighted by atomic mass is 9.73. The zero-order valence-electron chi connectivity index (χ0n) is 27.8. The largest absolute Gasteiger partial charge is 0.347 e. The molecule has 1 spiro atoms. The quantitative estimate of drug-likeness (QED) is 0.193. The molecule has 4 N–H and O–H groups in total. The third kappa shape index (κ3) is 7.26.